The minimum absolute atomic E-state index is 0.106. The first kappa shape index (κ1) is 19.8. The molecule has 0 radical (unpaired) electrons. The monoisotopic (exact) mass is 425 g/mol. The molecule has 164 valence electrons. The first-order valence-corrected chi connectivity index (χ1v) is 10.8. The lowest BCUT2D eigenvalue weighted by Gasteiger charge is -2.26. The van der Waals surface area contributed by atoms with Gasteiger partial charge in [0.15, 0.2) is 11.1 Å². The van der Waals surface area contributed by atoms with E-state index in [-0.39, 0.29) is 23.6 Å². The van der Waals surface area contributed by atoms with Gasteiger partial charge in [-0.1, -0.05) is 12.8 Å². The zero-order valence-electron chi connectivity index (χ0n) is 17.3. The van der Waals surface area contributed by atoms with Gasteiger partial charge in [0.25, 0.3) is 0 Å². The van der Waals surface area contributed by atoms with Crippen LogP contribution in [0.1, 0.15) is 44.2 Å². The van der Waals surface area contributed by atoms with Crippen LogP contribution in [0.15, 0.2) is 22.1 Å². The molecule has 0 saturated heterocycles. The maximum absolute atomic E-state index is 11.5. The van der Waals surface area contributed by atoms with Crippen molar-refractivity contribution in [2.24, 2.45) is 16.3 Å². The highest BCUT2D eigenvalue weighted by atomic mass is 16.3. The largest absolute Gasteiger partial charge is 0.493 e. The van der Waals surface area contributed by atoms with Gasteiger partial charge in [-0.3, -0.25) is 9.98 Å². The fourth-order valence-electron chi connectivity index (χ4n) is 4.23. The number of hydrogen-bond donors (Lipinski definition) is 5. The third kappa shape index (κ3) is 4.07. The average molecular weight is 425 g/mol. The van der Waals surface area contributed by atoms with Crippen molar-refractivity contribution in [1.82, 2.24) is 24.6 Å². The zero-order valence-corrected chi connectivity index (χ0v) is 17.3. The number of rotatable bonds is 7. The standard InChI is InChI=1S/C21H27N7O3/c29-12-21(5-1-2-6-21)11-23-16-8-17(22-9-13-3-4-13)28-18(26-16)14(10-24-28)7-15-19(30)27-20(31)25-15/h7-8,10,13,23,29-30H,1-6,9,11-12H2,(H2,25,27,31). The molecule has 3 heterocycles. The molecule has 2 aliphatic rings. The van der Waals surface area contributed by atoms with E-state index in [1.807, 2.05) is 6.07 Å². The average Bonchev–Trinajstić information content (AvgIpc) is 3.17. The van der Waals surface area contributed by atoms with Crippen molar-refractivity contribution >= 4 is 17.5 Å². The first-order chi connectivity index (χ1) is 15.0. The van der Waals surface area contributed by atoms with Crippen LogP contribution in [0, 0.1) is 11.3 Å². The lowest BCUT2D eigenvalue weighted by molar-refractivity contribution is 0.142. The number of aromatic nitrogens is 5. The Kier molecular flexibility index (Phi) is 5.01. The molecular formula is C21H27N7O3. The van der Waals surface area contributed by atoms with Crippen LogP contribution in [0.25, 0.3) is 11.7 Å². The van der Waals surface area contributed by atoms with Gasteiger partial charge in [0.1, 0.15) is 11.5 Å². The molecule has 5 N–H and O–H groups in total. The second-order valence-electron chi connectivity index (χ2n) is 8.82. The van der Waals surface area contributed by atoms with Crippen LogP contribution < -0.4 is 21.7 Å². The summed E-state index contributed by atoms with van der Waals surface area (Å²) in [5.41, 5.74) is 0.953. The summed E-state index contributed by atoms with van der Waals surface area (Å²) in [7, 11) is 0. The maximum atomic E-state index is 11.5. The number of aromatic amines is 2. The van der Waals surface area contributed by atoms with Crippen molar-refractivity contribution in [3.05, 3.63) is 39.1 Å². The third-order valence-electron chi connectivity index (χ3n) is 6.37. The highest BCUT2D eigenvalue weighted by molar-refractivity contribution is 5.57. The Morgan fingerprint density at radius 3 is 2.81 bits per heavy atom. The molecule has 2 fully saturated rings. The molecule has 0 amide bonds. The van der Waals surface area contributed by atoms with E-state index >= 15 is 0 Å². The van der Waals surface area contributed by atoms with E-state index in [1.54, 1.807) is 16.8 Å². The second kappa shape index (κ2) is 7.84. The van der Waals surface area contributed by atoms with E-state index in [1.165, 1.54) is 12.8 Å². The number of nitrogens with one attached hydrogen (secondary N) is 3. The topological polar surface area (TPSA) is 144 Å². The maximum Gasteiger partial charge on any atom is 0.326 e. The highest BCUT2D eigenvalue weighted by Crippen LogP contribution is 2.37. The Labute approximate surface area is 177 Å². The number of aliphatic hydroxyl groups is 1. The summed E-state index contributed by atoms with van der Waals surface area (Å²) in [6, 6.07) is 1.89. The van der Waals surface area contributed by atoms with Gasteiger partial charge >= 0.3 is 5.69 Å². The van der Waals surface area contributed by atoms with Crippen molar-refractivity contribution < 1.29 is 10.2 Å². The molecule has 0 bridgehead atoms. The van der Waals surface area contributed by atoms with Gasteiger partial charge in [0.2, 0.25) is 5.88 Å². The molecule has 0 aromatic carbocycles. The van der Waals surface area contributed by atoms with E-state index < -0.39 is 5.69 Å². The van der Waals surface area contributed by atoms with Crippen molar-refractivity contribution in [3.63, 3.8) is 0 Å². The quantitative estimate of drug-likeness (QED) is 0.368. The predicted molar refractivity (Wildman–Crippen MR) is 114 cm³/mol. The molecule has 3 aromatic rings. The van der Waals surface area contributed by atoms with Crippen LogP contribution in [-0.2, 0) is 0 Å². The molecule has 0 spiro atoms. The fourth-order valence-corrected chi connectivity index (χ4v) is 4.23. The molecule has 2 aliphatic carbocycles. The summed E-state index contributed by atoms with van der Waals surface area (Å²) < 4.78 is 1.68. The number of imidazole rings is 1. The molecule has 0 atom stereocenters. The third-order valence-corrected chi connectivity index (χ3v) is 6.37. The lowest BCUT2D eigenvalue weighted by atomic mass is 9.87. The summed E-state index contributed by atoms with van der Waals surface area (Å²) in [5, 5.41) is 28.3. The molecule has 3 aromatic heterocycles. The van der Waals surface area contributed by atoms with Crippen molar-refractivity contribution in [2.75, 3.05) is 25.0 Å². The van der Waals surface area contributed by atoms with E-state index in [2.05, 4.69) is 20.4 Å². The SMILES string of the molecule is O=c1[nH]c(O)c(C=c2cnn3c(=NCC4CC4)cc(NCC4(CO)CCCC4)nc23)[nH]1. The number of H-pyrrole nitrogens is 2. The molecule has 0 aliphatic heterocycles. The van der Waals surface area contributed by atoms with Gasteiger partial charge in [-0.25, -0.2) is 9.78 Å². The molecule has 2 saturated carbocycles. The Morgan fingerprint density at radius 2 is 2.13 bits per heavy atom. The number of nitrogens with zero attached hydrogens (tertiary/aromatic N) is 4. The summed E-state index contributed by atoms with van der Waals surface area (Å²) in [4.78, 5) is 25.8. The van der Waals surface area contributed by atoms with E-state index in [0.717, 1.165) is 32.2 Å². The Hall–Kier alpha value is -3.14. The van der Waals surface area contributed by atoms with Crippen LogP contribution in [0.2, 0.25) is 0 Å². The summed E-state index contributed by atoms with van der Waals surface area (Å²) in [6.07, 6.45) is 9.96. The van der Waals surface area contributed by atoms with Gasteiger partial charge in [0, 0.05) is 29.8 Å². The van der Waals surface area contributed by atoms with Crippen LogP contribution in [0.3, 0.4) is 0 Å². The molecule has 10 heteroatoms. The molecule has 31 heavy (non-hydrogen) atoms. The second-order valence-corrected chi connectivity index (χ2v) is 8.82. The van der Waals surface area contributed by atoms with Crippen LogP contribution in [0.4, 0.5) is 5.82 Å². The van der Waals surface area contributed by atoms with Crippen LogP contribution >= 0.6 is 0 Å². The molecule has 0 unspecified atom stereocenters. The van der Waals surface area contributed by atoms with Crippen LogP contribution in [0.5, 0.6) is 5.88 Å². The van der Waals surface area contributed by atoms with E-state index in [9.17, 15) is 15.0 Å². The number of hydrogen-bond acceptors (Lipinski definition) is 7. The highest BCUT2D eigenvalue weighted by Gasteiger charge is 2.33. The summed E-state index contributed by atoms with van der Waals surface area (Å²) in [6.45, 7) is 1.56. The van der Waals surface area contributed by atoms with Crippen molar-refractivity contribution in [1.29, 1.82) is 0 Å². The van der Waals surface area contributed by atoms with Gasteiger partial charge < -0.3 is 20.5 Å². The normalized spacial score (nSPS) is 19.5. The number of aliphatic hydroxyl groups excluding tert-OH is 1. The van der Waals surface area contributed by atoms with Gasteiger partial charge in [-0.15, -0.1) is 0 Å². The first-order valence-electron chi connectivity index (χ1n) is 10.8. The minimum atomic E-state index is -0.485. The number of aromatic hydroxyl groups is 1. The van der Waals surface area contributed by atoms with E-state index in [0.29, 0.717) is 34.6 Å². The van der Waals surface area contributed by atoms with Gasteiger partial charge in [-0.2, -0.15) is 9.61 Å². The van der Waals surface area contributed by atoms with E-state index in [4.69, 9.17) is 9.98 Å². The Morgan fingerprint density at radius 1 is 1.32 bits per heavy atom. The van der Waals surface area contributed by atoms with Gasteiger partial charge in [-0.05, 0) is 37.7 Å². The van der Waals surface area contributed by atoms with Gasteiger partial charge in [0.05, 0.1) is 12.8 Å². The minimum Gasteiger partial charge on any atom is -0.493 e. The smallest absolute Gasteiger partial charge is 0.326 e. The molecular weight excluding hydrogens is 398 g/mol. The number of fused-ring (bicyclic) bond motifs is 1. The summed E-state index contributed by atoms with van der Waals surface area (Å²) in [5.74, 6) is 1.08. The Balaban J connectivity index is 1.56. The van der Waals surface area contributed by atoms with Crippen molar-refractivity contribution in [2.45, 2.75) is 38.5 Å². The fraction of sp³-hybridized carbons (Fsp3) is 0.524. The number of anilines is 1. The van der Waals surface area contributed by atoms with Crippen LogP contribution in [-0.4, -0.2) is 54.5 Å². The predicted octanol–water partition coefficient (Wildman–Crippen LogP) is 0.274. The lowest BCUT2D eigenvalue weighted by Crippen LogP contribution is -2.31. The Bertz CT molecular complexity index is 1260. The molecule has 10 nitrogen and oxygen atoms in total. The van der Waals surface area contributed by atoms with Crippen molar-refractivity contribution in [3.8, 4) is 5.88 Å². The zero-order chi connectivity index (χ0) is 21.4. The summed E-state index contributed by atoms with van der Waals surface area (Å²) >= 11 is 0. The molecule has 5 rings (SSSR count).